The molecule has 1 heterocycles. The van der Waals surface area contributed by atoms with E-state index < -0.39 is 16.1 Å². The van der Waals surface area contributed by atoms with Crippen molar-refractivity contribution in [2.24, 2.45) is 4.40 Å². The number of nitrogens with one attached hydrogen (secondary N) is 1. The van der Waals surface area contributed by atoms with Crippen LogP contribution in [0.25, 0.3) is 0 Å². The molecule has 0 aromatic heterocycles. The van der Waals surface area contributed by atoms with Gasteiger partial charge in [-0.2, -0.15) is 8.42 Å². The summed E-state index contributed by atoms with van der Waals surface area (Å²) in [5.41, 5.74) is 1.67. The third kappa shape index (κ3) is 4.39. The smallest absolute Gasteiger partial charge is 0.345 e. The Morgan fingerprint density at radius 3 is 2.55 bits per heavy atom. The molecule has 0 aliphatic carbocycles. The summed E-state index contributed by atoms with van der Waals surface area (Å²) in [6.45, 7) is 1.80. The van der Waals surface area contributed by atoms with Crippen LogP contribution in [0.4, 0.5) is 5.69 Å². The summed E-state index contributed by atoms with van der Waals surface area (Å²) in [5.74, 6) is -0.182. The summed E-state index contributed by atoms with van der Waals surface area (Å²) in [6, 6.07) is 9.75. The predicted octanol–water partition coefficient (Wildman–Crippen LogP) is 3.81. The number of aryl methyl sites for hydroxylation is 1. The highest BCUT2D eigenvalue weighted by Crippen LogP contribution is 2.28. The van der Waals surface area contributed by atoms with Crippen molar-refractivity contribution >= 4 is 50.7 Å². The Balaban J connectivity index is 2.01. The van der Waals surface area contributed by atoms with Gasteiger partial charge in [0.1, 0.15) is 11.4 Å². The number of rotatable bonds is 4. The van der Waals surface area contributed by atoms with E-state index in [2.05, 4.69) is 9.71 Å². The molecule has 0 bridgehead atoms. The molecule has 1 amide bonds. The van der Waals surface area contributed by atoms with E-state index in [-0.39, 0.29) is 16.4 Å². The maximum Gasteiger partial charge on any atom is 0.345 e. The van der Waals surface area contributed by atoms with Crippen LogP contribution in [0.3, 0.4) is 0 Å². The number of carbonyl (C=O) groups excluding carboxylic acids is 1. The molecule has 152 valence electrons. The highest BCUT2D eigenvalue weighted by atomic mass is 35.5. The zero-order chi connectivity index (χ0) is 21.3. The minimum atomic E-state index is -4.10. The molecular weight excluding hydrogens is 437 g/mol. The average molecular weight is 454 g/mol. The van der Waals surface area contributed by atoms with Crippen LogP contribution in [0.15, 0.2) is 52.6 Å². The van der Waals surface area contributed by atoms with E-state index in [0.717, 1.165) is 9.87 Å². The molecule has 10 heteroatoms. The van der Waals surface area contributed by atoms with Gasteiger partial charge in [-0.15, -0.1) is 4.40 Å². The van der Waals surface area contributed by atoms with Gasteiger partial charge in [0.25, 0.3) is 5.91 Å². The fraction of sp³-hybridized carbons (Fsp3) is 0.158. The van der Waals surface area contributed by atoms with Gasteiger partial charge in [0.2, 0.25) is 0 Å². The van der Waals surface area contributed by atoms with Crippen molar-refractivity contribution in [3.05, 3.63) is 69.3 Å². The van der Waals surface area contributed by atoms with E-state index in [1.165, 1.54) is 26.3 Å². The normalized spacial score (nSPS) is 15.4. The van der Waals surface area contributed by atoms with E-state index >= 15 is 0 Å². The van der Waals surface area contributed by atoms with Crippen LogP contribution < -0.4 is 10.1 Å². The Morgan fingerprint density at radius 1 is 1.17 bits per heavy atom. The van der Waals surface area contributed by atoms with Crippen LogP contribution in [0, 0.1) is 6.92 Å². The highest BCUT2D eigenvalue weighted by Gasteiger charge is 2.30. The minimum absolute atomic E-state index is 0.0839. The predicted molar refractivity (Wildman–Crippen MR) is 114 cm³/mol. The van der Waals surface area contributed by atoms with Crippen LogP contribution in [-0.4, -0.2) is 38.5 Å². The molecule has 1 aliphatic heterocycles. The van der Waals surface area contributed by atoms with Gasteiger partial charge in [0.15, 0.2) is 0 Å². The fourth-order valence-corrected chi connectivity index (χ4v) is 3.99. The van der Waals surface area contributed by atoms with E-state index in [1.807, 2.05) is 0 Å². The van der Waals surface area contributed by atoms with Crippen molar-refractivity contribution in [1.29, 1.82) is 0 Å². The lowest BCUT2D eigenvalue weighted by Gasteiger charge is -2.24. The van der Waals surface area contributed by atoms with E-state index in [4.69, 9.17) is 27.9 Å². The zero-order valence-electron chi connectivity index (χ0n) is 15.7. The van der Waals surface area contributed by atoms with Gasteiger partial charge in [-0.25, -0.2) is 4.31 Å². The number of amides is 1. The van der Waals surface area contributed by atoms with Crippen LogP contribution in [0.5, 0.6) is 5.75 Å². The Bertz CT molecular complexity index is 1160. The minimum Gasteiger partial charge on any atom is -0.495 e. The molecule has 2 aromatic rings. The lowest BCUT2D eigenvalue weighted by molar-refractivity contribution is -0.113. The molecule has 0 unspecified atom stereocenters. The van der Waals surface area contributed by atoms with Crippen molar-refractivity contribution in [3.63, 3.8) is 0 Å². The number of hydrogen-bond acceptors (Lipinski definition) is 4. The van der Waals surface area contributed by atoms with Crippen molar-refractivity contribution in [1.82, 2.24) is 4.31 Å². The summed E-state index contributed by atoms with van der Waals surface area (Å²) in [6.07, 6.45) is 1.38. The van der Waals surface area contributed by atoms with Crippen LogP contribution in [0.1, 0.15) is 11.1 Å². The summed E-state index contributed by atoms with van der Waals surface area (Å²) >= 11 is 12.1. The summed E-state index contributed by atoms with van der Waals surface area (Å²) in [5, 5.41) is 3.43. The number of allylic oxidation sites excluding steroid dienone is 1. The first kappa shape index (κ1) is 21.2. The second-order valence-corrected chi connectivity index (χ2v) is 8.68. The lowest BCUT2D eigenvalue weighted by atomic mass is 10.1. The molecular formula is C19H17Cl2N3O4S. The fourth-order valence-electron chi connectivity index (χ4n) is 2.64. The second kappa shape index (κ2) is 8.06. The van der Waals surface area contributed by atoms with Gasteiger partial charge < -0.3 is 10.1 Å². The number of likely N-dealkylation sites (N-methyl/N-ethyl adjacent to an activating group) is 1. The molecule has 0 spiro atoms. The molecule has 0 fully saturated rings. The van der Waals surface area contributed by atoms with Crippen molar-refractivity contribution < 1.29 is 17.9 Å². The lowest BCUT2D eigenvalue weighted by Crippen LogP contribution is -2.35. The van der Waals surface area contributed by atoms with Crippen molar-refractivity contribution in [2.75, 3.05) is 19.5 Å². The average Bonchev–Trinajstić information content (AvgIpc) is 2.66. The maximum atomic E-state index is 12.8. The Kier molecular flexibility index (Phi) is 5.88. The van der Waals surface area contributed by atoms with Gasteiger partial charge in [0.05, 0.1) is 17.8 Å². The van der Waals surface area contributed by atoms with Gasteiger partial charge in [-0.05, 0) is 48.9 Å². The first-order valence-corrected chi connectivity index (χ1v) is 10.5. The van der Waals surface area contributed by atoms with E-state index in [9.17, 15) is 13.2 Å². The molecule has 7 nitrogen and oxygen atoms in total. The molecule has 0 saturated carbocycles. The molecule has 1 N–H and O–H groups in total. The van der Waals surface area contributed by atoms with Gasteiger partial charge >= 0.3 is 10.2 Å². The molecule has 0 atom stereocenters. The number of benzene rings is 2. The number of nitrogens with zero attached hydrogens (tertiary/aromatic N) is 2. The maximum absolute atomic E-state index is 12.8. The van der Waals surface area contributed by atoms with Crippen LogP contribution in [0.2, 0.25) is 10.0 Å². The zero-order valence-corrected chi connectivity index (χ0v) is 18.1. The number of hydrogen-bond donors (Lipinski definition) is 1. The number of anilines is 1. The van der Waals surface area contributed by atoms with Crippen molar-refractivity contribution in [2.45, 2.75) is 6.92 Å². The summed E-state index contributed by atoms with van der Waals surface area (Å²) < 4.78 is 34.7. The number of ether oxygens (including phenoxy) is 1. The number of halogens is 2. The quantitative estimate of drug-likeness (QED) is 0.761. The van der Waals surface area contributed by atoms with E-state index in [0.29, 0.717) is 22.0 Å². The van der Waals surface area contributed by atoms with Gasteiger partial charge in [0, 0.05) is 23.3 Å². The molecule has 1 aliphatic rings. The van der Waals surface area contributed by atoms with E-state index in [1.54, 1.807) is 37.3 Å². The largest absolute Gasteiger partial charge is 0.495 e. The number of carbonyl (C=O) groups is 1. The van der Waals surface area contributed by atoms with Gasteiger partial charge in [-0.1, -0.05) is 29.3 Å². The Morgan fingerprint density at radius 2 is 1.90 bits per heavy atom. The third-order valence-electron chi connectivity index (χ3n) is 4.30. The monoisotopic (exact) mass is 453 g/mol. The Labute approximate surface area is 178 Å². The summed E-state index contributed by atoms with van der Waals surface area (Å²) in [7, 11) is -1.37. The molecule has 0 saturated heterocycles. The molecule has 0 radical (unpaired) electrons. The standard InChI is InChI=1S/C19H17Cl2N3O4S/c1-11-4-6-13(20)9-15(11)22-19(25)17-10-16(23-29(26,27)24(17)2)12-5-7-18(28-3)14(21)8-12/h4-10H,1-3H3,(H,22,25). The van der Waals surface area contributed by atoms with Gasteiger partial charge in [-0.3, -0.25) is 4.79 Å². The van der Waals surface area contributed by atoms with Crippen molar-refractivity contribution in [3.8, 4) is 5.75 Å². The van der Waals surface area contributed by atoms with Crippen LogP contribution >= 0.6 is 23.2 Å². The first-order chi connectivity index (χ1) is 13.6. The summed E-state index contributed by atoms with van der Waals surface area (Å²) in [4.78, 5) is 12.8. The molecule has 2 aromatic carbocycles. The first-order valence-electron chi connectivity index (χ1n) is 8.34. The Hall–Kier alpha value is -2.55. The second-order valence-electron chi connectivity index (χ2n) is 6.21. The SMILES string of the molecule is COc1ccc(C2=NS(=O)(=O)N(C)C(C(=O)Nc3cc(Cl)ccc3C)=C2)cc1Cl. The topological polar surface area (TPSA) is 88.1 Å². The third-order valence-corrected chi connectivity index (χ3v) is 6.15. The van der Waals surface area contributed by atoms with Crippen LogP contribution in [-0.2, 0) is 15.0 Å². The number of methoxy groups -OCH3 is 1. The molecule has 3 rings (SSSR count). The highest BCUT2D eigenvalue weighted by molar-refractivity contribution is 7.88. The molecule has 29 heavy (non-hydrogen) atoms.